The summed E-state index contributed by atoms with van der Waals surface area (Å²) in [5.74, 6) is 0. The van der Waals surface area contributed by atoms with Gasteiger partial charge in [-0.1, -0.05) is 48.5 Å². The van der Waals surface area contributed by atoms with Crippen LogP contribution in [0.3, 0.4) is 0 Å². The highest BCUT2D eigenvalue weighted by Crippen LogP contribution is 2.37. The third-order valence-corrected chi connectivity index (χ3v) is 3.75. The molecule has 19 heavy (non-hydrogen) atoms. The van der Waals surface area contributed by atoms with Crippen LogP contribution in [0.15, 0.2) is 48.5 Å². The van der Waals surface area contributed by atoms with E-state index >= 15 is 0 Å². The van der Waals surface area contributed by atoms with E-state index < -0.39 is 6.10 Å². The van der Waals surface area contributed by atoms with Crippen molar-refractivity contribution in [3.05, 3.63) is 70.8 Å². The second-order valence-corrected chi connectivity index (χ2v) is 4.94. The first-order valence-electron chi connectivity index (χ1n) is 6.53. The fourth-order valence-corrected chi connectivity index (χ4v) is 2.72. The molecule has 0 amide bonds. The average Bonchev–Trinajstić information content (AvgIpc) is 2.48. The standard InChI is InChI=1S/C17H16O2/c1-12-6-5-9-14-15(12)10-16(19-17(14)11-18)13-7-3-2-4-8-13/h2-9,11,16-17H,10H2,1H3. The normalized spacial score (nSPS) is 21.7. The van der Waals surface area contributed by atoms with Crippen molar-refractivity contribution in [3.63, 3.8) is 0 Å². The van der Waals surface area contributed by atoms with E-state index in [1.165, 1.54) is 11.1 Å². The van der Waals surface area contributed by atoms with Crippen LogP contribution >= 0.6 is 0 Å². The van der Waals surface area contributed by atoms with Gasteiger partial charge in [0.25, 0.3) is 0 Å². The number of rotatable bonds is 2. The summed E-state index contributed by atoms with van der Waals surface area (Å²) < 4.78 is 5.94. The smallest absolute Gasteiger partial charge is 0.153 e. The summed E-state index contributed by atoms with van der Waals surface area (Å²) in [6.45, 7) is 2.09. The van der Waals surface area contributed by atoms with E-state index in [1.54, 1.807) is 0 Å². The van der Waals surface area contributed by atoms with Gasteiger partial charge in [0.15, 0.2) is 6.29 Å². The minimum absolute atomic E-state index is 0.0370. The van der Waals surface area contributed by atoms with Crippen molar-refractivity contribution >= 4 is 6.29 Å². The predicted molar refractivity (Wildman–Crippen MR) is 74.0 cm³/mol. The molecule has 0 saturated carbocycles. The van der Waals surface area contributed by atoms with Gasteiger partial charge in [-0.2, -0.15) is 0 Å². The molecule has 2 unspecified atom stereocenters. The lowest BCUT2D eigenvalue weighted by molar-refractivity contribution is -0.124. The van der Waals surface area contributed by atoms with Gasteiger partial charge in [-0.05, 0) is 29.2 Å². The maximum Gasteiger partial charge on any atom is 0.153 e. The molecule has 2 atom stereocenters. The molecule has 96 valence electrons. The minimum atomic E-state index is -0.450. The monoisotopic (exact) mass is 252 g/mol. The Labute approximate surface area is 113 Å². The van der Waals surface area contributed by atoms with Crippen molar-refractivity contribution in [1.29, 1.82) is 0 Å². The Morgan fingerprint density at radius 1 is 1.11 bits per heavy atom. The van der Waals surface area contributed by atoms with Gasteiger partial charge in [0.2, 0.25) is 0 Å². The summed E-state index contributed by atoms with van der Waals surface area (Å²) in [5.41, 5.74) is 4.62. The molecule has 1 aliphatic heterocycles. The average molecular weight is 252 g/mol. The second-order valence-electron chi connectivity index (χ2n) is 4.94. The highest BCUT2D eigenvalue weighted by molar-refractivity contribution is 5.62. The van der Waals surface area contributed by atoms with E-state index in [4.69, 9.17) is 4.74 Å². The Morgan fingerprint density at radius 3 is 2.63 bits per heavy atom. The van der Waals surface area contributed by atoms with Crippen LogP contribution in [0.1, 0.15) is 34.5 Å². The van der Waals surface area contributed by atoms with Crippen LogP contribution in [-0.2, 0) is 16.0 Å². The molecule has 1 heterocycles. The zero-order valence-corrected chi connectivity index (χ0v) is 10.9. The van der Waals surface area contributed by atoms with E-state index in [2.05, 4.69) is 25.1 Å². The predicted octanol–water partition coefficient (Wildman–Crippen LogP) is 3.55. The van der Waals surface area contributed by atoms with E-state index in [0.717, 1.165) is 23.8 Å². The van der Waals surface area contributed by atoms with Crippen LogP contribution < -0.4 is 0 Å². The van der Waals surface area contributed by atoms with Crippen LogP contribution in [0.5, 0.6) is 0 Å². The first kappa shape index (κ1) is 12.1. The Balaban J connectivity index is 2.02. The van der Waals surface area contributed by atoms with Gasteiger partial charge >= 0.3 is 0 Å². The maximum absolute atomic E-state index is 11.3. The molecule has 2 aromatic carbocycles. The van der Waals surface area contributed by atoms with Crippen molar-refractivity contribution in [2.24, 2.45) is 0 Å². The maximum atomic E-state index is 11.3. The SMILES string of the molecule is Cc1cccc2c1CC(c1ccccc1)OC2C=O. The van der Waals surface area contributed by atoms with Gasteiger partial charge in [0.05, 0.1) is 6.10 Å². The fourth-order valence-electron chi connectivity index (χ4n) is 2.72. The number of aldehydes is 1. The van der Waals surface area contributed by atoms with E-state index in [1.807, 2.05) is 30.3 Å². The Kier molecular flexibility index (Phi) is 3.18. The van der Waals surface area contributed by atoms with E-state index in [0.29, 0.717) is 0 Å². The lowest BCUT2D eigenvalue weighted by atomic mass is 9.89. The second kappa shape index (κ2) is 4.98. The minimum Gasteiger partial charge on any atom is -0.358 e. The Bertz CT molecular complexity index is 589. The van der Waals surface area contributed by atoms with Crippen LogP contribution in [0.4, 0.5) is 0 Å². The summed E-state index contributed by atoms with van der Waals surface area (Å²) in [5, 5.41) is 0. The molecule has 3 rings (SSSR count). The topological polar surface area (TPSA) is 26.3 Å². The molecular weight excluding hydrogens is 236 g/mol. The van der Waals surface area contributed by atoms with E-state index in [9.17, 15) is 4.79 Å². The molecule has 2 heteroatoms. The van der Waals surface area contributed by atoms with Crippen molar-refractivity contribution < 1.29 is 9.53 Å². The highest BCUT2D eigenvalue weighted by atomic mass is 16.5. The lowest BCUT2D eigenvalue weighted by Crippen LogP contribution is -2.22. The summed E-state index contributed by atoms with van der Waals surface area (Å²) >= 11 is 0. The van der Waals surface area contributed by atoms with Crippen molar-refractivity contribution in [2.75, 3.05) is 0 Å². The van der Waals surface area contributed by atoms with Gasteiger partial charge in [-0.3, -0.25) is 0 Å². The molecule has 0 fully saturated rings. The zero-order chi connectivity index (χ0) is 13.2. The number of carbonyl (C=O) groups excluding carboxylic acids is 1. The third kappa shape index (κ3) is 2.20. The zero-order valence-electron chi connectivity index (χ0n) is 10.9. The van der Waals surface area contributed by atoms with Gasteiger partial charge in [-0.25, -0.2) is 0 Å². The van der Waals surface area contributed by atoms with Crippen molar-refractivity contribution in [2.45, 2.75) is 25.6 Å². The van der Waals surface area contributed by atoms with Crippen LogP contribution in [0.25, 0.3) is 0 Å². The van der Waals surface area contributed by atoms with Crippen molar-refractivity contribution in [1.82, 2.24) is 0 Å². The number of fused-ring (bicyclic) bond motifs is 1. The first-order chi connectivity index (χ1) is 9.29. The molecule has 1 aliphatic rings. The summed E-state index contributed by atoms with van der Waals surface area (Å²) in [7, 11) is 0. The number of aryl methyl sites for hydroxylation is 1. The summed E-state index contributed by atoms with van der Waals surface area (Å²) in [4.78, 5) is 11.3. The molecule has 0 N–H and O–H groups in total. The Morgan fingerprint density at radius 2 is 1.89 bits per heavy atom. The van der Waals surface area contributed by atoms with E-state index in [-0.39, 0.29) is 6.10 Å². The largest absolute Gasteiger partial charge is 0.358 e. The van der Waals surface area contributed by atoms with Crippen LogP contribution in [0.2, 0.25) is 0 Å². The molecule has 0 aromatic heterocycles. The Hall–Kier alpha value is -1.93. The molecule has 0 radical (unpaired) electrons. The first-order valence-corrected chi connectivity index (χ1v) is 6.53. The van der Waals surface area contributed by atoms with Gasteiger partial charge < -0.3 is 9.53 Å². The molecule has 2 aromatic rings. The fraction of sp³-hybridized carbons (Fsp3) is 0.235. The van der Waals surface area contributed by atoms with Crippen LogP contribution in [0, 0.1) is 6.92 Å². The summed E-state index contributed by atoms with van der Waals surface area (Å²) in [6.07, 6.45) is 1.24. The molecule has 0 bridgehead atoms. The van der Waals surface area contributed by atoms with Gasteiger partial charge in [0.1, 0.15) is 6.10 Å². The third-order valence-electron chi connectivity index (χ3n) is 3.75. The molecule has 0 saturated heterocycles. The molecular formula is C17H16O2. The van der Waals surface area contributed by atoms with Gasteiger partial charge in [-0.15, -0.1) is 0 Å². The lowest BCUT2D eigenvalue weighted by Gasteiger charge is -2.31. The molecule has 0 spiro atoms. The number of benzene rings is 2. The highest BCUT2D eigenvalue weighted by Gasteiger charge is 2.28. The number of hydrogen-bond acceptors (Lipinski definition) is 2. The number of ether oxygens (including phenoxy) is 1. The van der Waals surface area contributed by atoms with Gasteiger partial charge in [0, 0.05) is 6.42 Å². The summed E-state index contributed by atoms with van der Waals surface area (Å²) in [6, 6.07) is 16.2. The number of carbonyl (C=O) groups is 1. The quantitative estimate of drug-likeness (QED) is 0.764. The number of hydrogen-bond donors (Lipinski definition) is 0. The molecule has 2 nitrogen and oxygen atoms in total. The van der Waals surface area contributed by atoms with Crippen molar-refractivity contribution in [3.8, 4) is 0 Å². The van der Waals surface area contributed by atoms with Crippen LogP contribution in [-0.4, -0.2) is 6.29 Å². The molecule has 0 aliphatic carbocycles.